The molecule has 1 heterocycles. The number of anilines is 1. The molecule has 0 aliphatic heterocycles. The van der Waals surface area contributed by atoms with E-state index in [2.05, 4.69) is 20.8 Å². The number of nitrogens with one attached hydrogen (secondary N) is 3. The summed E-state index contributed by atoms with van der Waals surface area (Å²) in [7, 11) is 0. The number of aromatic nitrogens is 2. The highest BCUT2D eigenvalue weighted by Crippen LogP contribution is 2.36. The molecule has 3 N–H and O–H groups in total. The van der Waals surface area contributed by atoms with Crippen molar-refractivity contribution < 1.29 is 9.18 Å². The molecule has 5 nitrogen and oxygen atoms in total. The van der Waals surface area contributed by atoms with Gasteiger partial charge in [0.15, 0.2) is 11.6 Å². The van der Waals surface area contributed by atoms with Crippen LogP contribution in [0.5, 0.6) is 0 Å². The molecule has 0 aliphatic carbocycles. The van der Waals surface area contributed by atoms with Gasteiger partial charge in [-0.05, 0) is 17.2 Å². The van der Waals surface area contributed by atoms with Gasteiger partial charge < -0.3 is 5.32 Å². The molecule has 1 aromatic heterocycles. The molecule has 0 unspecified atom stereocenters. The molecule has 4 rings (SSSR count). The van der Waals surface area contributed by atoms with E-state index < -0.39 is 11.8 Å². The lowest BCUT2D eigenvalue weighted by atomic mass is 10.0. The minimum absolute atomic E-state index is 0.00225. The zero-order chi connectivity index (χ0) is 19.5. The third-order valence-corrected chi connectivity index (χ3v) is 4.72. The number of aromatic amines is 1. The Morgan fingerprint density at radius 2 is 1.75 bits per heavy atom. The number of fused-ring (bicyclic) bond motifs is 1. The molecule has 2 amide bonds. The van der Waals surface area contributed by atoms with Crippen molar-refractivity contribution >= 4 is 34.4 Å². The first kappa shape index (κ1) is 18.0. The van der Waals surface area contributed by atoms with Crippen molar-refractivity contribution in [1.82, 2.24) is 15.5 Å². The molecule has 0 radical (unpaired) electrons. The second-order valence-corrected chi connectivity index (χ2v) is 6.58. The molecule has 140 valence electrons. The van der Waals surface area contributed by atoms with E-state index in [1.165, 1.54) is 0 Å². The van der Waals surface area contributed by atoms with E-state index >= 15 is 0 Å². The number of amides is 2. The van der Waals surface area contributed by atoms with Crippen molar-refractivity contribution in [2.24, 2.45) is 0 Å². The number of urea groups is 1. The summed E-state index contributed by atoms with van der Waals surface area (Å²) in [5.74, 6) is -0.378. The third kappa shape index (κ3) is 3.54. The maximum Gasteiger partial charge on any atom is 0.320 e. The fourth-order valence-electron chi connectivity index (χ4n) is 2.95. The van der Waals surface area contributed by atoms with Crippen LogP contribution in [0.2, 0.25) is 5.02 Å². The molecule has 3 aromatic carbocycles. The zero-order valence-electron chi connectivity index (χ0n) is 14.7. The summed E-state index contributed by atoms with van der Waals surface area (Å²) in [5, 5.41) is 12.5. The molecular formula is C21H16ClFN4O. The summed E-state index contributed by atoms with van der Waals surface area (Å²) in [5.41, 5.74) is 2.41. The molecular weight excluding hydrogens is 379 g/mol. The third-order valence-electron chi connectivity index (χ3n) is 4.35. The largest absolute Gasteiger partial charge is 0.334 e. The van der Waals surface area contributed by atoms with Gasteiger partial charge in [-0.2, -0.15) is 5.10 Å². The summed E-state index contributed by atoms with van der Waals surface area (Å²) in [6.07, 6.45) is 0. The molecule has 7 heteroatoms. The number of benzene rings is 3. The summed E-state index contributed by atoms with van der Waals surface area (Å²) in [6, 6.07) is 20.0. The number of halogens is 2. The molecule has 4 aromatic rings. The zero-order valence-corrected chi connectivity index (χ0v) is 15.4. The van der Waals surface area contributed by atoms with Crippen LogP contribution in [-0.4, -0.2) is 16.2 Å². The second-order valence-electron chi connectivity index (χ2n) is 6.21. The van der Waals surface area contributed by atoms with Crippen LogP contribution in [-0.2, 0) is 6.54 Å². The van der Waals surface area contributed by atoms with E-state index in [-0.39, 0.29) is 16.4 Å². The monoisotopic (exact) mass is 394 g/mol. The van der Waals surface area contributed by atoms with Crippen LogP contribution in [0.25, 0.3) is 22.0 Å². The molecule has 0 spiro atoms. The van der Waals surface area contributed by atoms with Gasteiger partial charge in [0.1, 0.15) is 5.52 Å². The molecule has 0 atom stereocenters. The fourth-order valence-corrected chi connectivity index (χ4v) is 3.21. The van der Waals surface area contributed by atoms with Crippen LogP contribution in [0.15, 0.2) is 66.7 Å². The second kappa shape index (κ2) is 7.70. The maximum atomic E-state index is 14.7. The van der Waals surface area contributed by atoms with Crippen molar-refractivity contribution in [3.8, 4) is 11.1 Å². The van der Waals surface area contributed by atoms with E-state index in [9.17, 15) is 9.18 Å². The van der Waals surface area contributed by atoms with Gasteiger partial charge in [0.25, 0.3) is 0 Å². The minimum atomic E-state index is -0.608. The maximum absolute atomic E-state index is 14.7. The standard InChI is InChI=1S/C21H16ClFN4O/c22-17-15(14-9-5-2-6-10-14)11-16-19(18(17)23)26-27-20(16)25-21(28)24-12-13-7-3-1-4-8-13/h1-11H,12H2,(H3,24,25,26,27,28). The Labute approximate surface area is 165 Å². The van der Waals surface area contributed by atoms with Crippen molar-refractivity contribution in [3.05, 3.63) is 83.1 Å². The summed E-state index contributed by atoms with van der Waals surface area (Å²) in [6.45, 7) is 0.366. The average molecular weight is 395 g/mol. The normalized spacial score (nSPS) is 10.8. The lowest BCUT2D eigenvalue weighted by Gasteiger charge is -2.08. The van der Waals surface area contributed by atoms with Crippen LogP contribution in [0, 0.1) is 5.82 Å². The van der Waals surface area contributed by atoms with Crippen LogP contribution in [0.1, 0.15) is 5.56 Å². The number of nitrogens with zero attached hydrogens (tertiary/aromatic N) is 1. The fraction of sp³-hybridized carbons (Fsp3) is 0.0476. The Morgan fingerprint density at radius 3 is 2.46 bits per heavy atom. The topological polar surface area (TPSA) is 69.8 Å². The Morgan fingerprint density at radius 1 is 1.07 bits per heavy atom. The highest BCUT2D eigenvalue weighted by Gasteiger charge is 2.18. The number of carbonyl (C=O) groups is 1. The van der Waals surface area contributed by atoms with E-state index in [0.29, 0.717) is 17.5 Å². The predicted octanol–water partition coefficient (Wildman–Crippen LogP) is 5.34. The Bertz CT molecular complexity index is 1130. The molecule has 0 fully saturated rings. The van der Waals surface area contributed by atoms with E-state index in [0.717, 1.165) is 11.1 Å². The number of hydrogen-bond donors (Lipinski definition) is 3. The molecule has 0 bridgehead atoms. The van der Waals surface area contributed by atoms with E-state index in [1.807, 2.05) is 60.7 Å². The van der Waals surface area contributed by atoms with E-state index in [4.69, 9.17) is 11.6 Å². The Kier molecular flexibility index (Phi) is 4.95. The van der Waals surface area contributed by atoms with Gasteiger partial charge >= 0.3 is 6.03 Å². The van der Waals surface area contributed by atoms with Gasteiger partial charge in [0, 0.05) is 17.5 Å². The van der Waals surface area contributed by atoms with Gasteiger partial charge in [-0.25, -0.2) is 9.18 Å². The van der Waals surface area contributed by atoms with Crippen LogP contribution in [0.4, 0.5) is 15.0 Å². The molecule has 0 aliphatic rings. The minimum Gasteiger partial charge on any atom is -0.334 e. The number of H-pyrrole nitrogens is 1. The Balaban J connectivity index is 1.61. The van der Waals surface area contributed by atoms with Crippen LogP contribution < -0.4 is 10.6 Å². The first-order chi connectivity index (χ1) is 13.6. The van der Waals surface area contributed by atoms with Crippen molar-refractivity contribution in [1.29, 1.82) is 0 Å². The van der Waals surface area contributed by atoms with Crippen LogP contribution in [0.3, 0.4) is 0 Å². The van der Waals surface area contributed by atoms with Crippen LogP contribution >= 0.6 is 11.6 Å². The highest BCUT2D eigenvalue weighted by molar-refractivity contribution is 6.34. The quantitative estimate of drug-likeness (QED) is 0.437. The van der Waals surface area contributed by atoms with Gasteiger partial charge in [0.05, 0.1) is 5.02 Å². The first-order valence-electron chi connectivity index (χ1n) is 8.64. The molecule has 0 saturated heterocycles. The molecule has 0 saturated carbocycles. The van der Waals surface area contributed by atoms with Gasteiger partial charge in [-0.1, -0.05) is 72.3 Å². The number of carbonyl (C=O) groups excluding carboxylic acids is 1. The number of hydrogen-bond acceptors (Lipinski definition) is 2. The van der Waals surface area contributed by atoms with Gasteiger partial charge in [0.2, 0.25) is 0 Å². The summed E-state index contributed by atoms with van der Waals surface area (Å²) in [4.78, 5) is 12.2. The van der Waals surface area contributed by atoms with Gasteiger partial charge in [-0.3, -0.25) is 10.4 Å². The lowest BCUT2D eigenvalue weighted by Crippen LogP contribution is -2.28. The van der Waals surface area contributed by atoms with Gasteiger partial charge in [-0.15, -0.1) is 0 Å². The number of rotatable bonds is 4. The summed E-state index contributed by atoms with van der Waals surface area (Å²) < 4.78 is 14.7. The molecule has 28 heavy (non-hydrogen) atoms. The first-order valence-corrected chi connectivity index (χ1v) is 9.01. The van der Waals surface area contributed by atoms with E-state index in [1.54, 1.807) is 6.07 Å². The SMILES string of the molecule is O=C(NCc1ccccc1)Nc1n[nH]c2c(F)c(Cl)c(-c3ccccc3)cc12. The highest BCUT2D eigenvalue weighted by atomic mass is 35.5. The summed E-state index contributed by atoms with van der Waals surface area (Å²) >= 11 is 6.22. The smallest absolute Gasteiger partial charge is 0.320 e. The van der Waals surface area contributed by atoms with Crippen molar-refractivity contribution in [2.45, 2.75) is 6.54 Å². The average Bonchev–Trinajstić information content (AvgIpc) is 3.13. The van der Waals surface area contributed by atoms with Crippen molar-refractivity contribution in [2.75, 3.05) is 5.32 Å². The van der Waals surface area contributed by atoms with Crippen molar-refractivity contribution in [3.63, 3.8) is 0 Å². The predicted molar refractivity (Wildman–Crippen MR) is 109 cm³/mol. The Hall–Kier alpha value is -3.38. The lowest BCUT2D eigenvalue weighted by molar-refractivity contribution is 0.251.